The van der Waals surface area contributed by atoms with Crippen LogP contribution in [0.3, 0.4) is 0 Å². The first kappa shape index (κ1) is 31.9. The van der Waals surface area contributed by atoms with Gasteiger partial charge in [-0.15, -0.1) is 0 Å². The van der Waals surface area contributed by atoms with Crippen molar-refractivity contribution in [1.82, 2.24) is 25.3 Å². The van der Waals surface area contributed by atoms with Gasteiger partial charge in [-0.2, -0.15) is 31.3 Å². The Hall–Kier alpha value is -3.31. The summed E-state index contributed by atoms with van der Waals surface area (Å²) in [7, 11) is 0. The Bertz CT molecular complexity index is 1080. The fourth-order valence-corrected chi connectivity index (χ4v) is 3.60. The molecule has 3 N–H and O–H groups in total. The minimum absolute atomic E-state index is 0.685. The first-order valence-electron chi connectivity index (χ1n) is 11.6. The largest absolute Gasteiger partial charge is 0.490 e. The Morgan fingerprint density at radius 1 is 1.08 bits per heavy atom. The van der Waals surface area contributed by atoms with Crippen LogP contribution in [0.15, 0.2) is 10.7 Å². The van der Waals surface area contributed by atoms with Gasteiger partial charge in [-0.1, -0.05) is 5.16 Å². The van der Waals surface area contributed by atoms with Crippen molar-refractivity contribution in [3.05, 3.63) is 28.9 Å². The van der Waals surface area contributed by atoms with Crippen molar-refractivity contribution in [3.8, 4) is 11.4 Å². The van der Waals surface area contributed by atoms with Crippen LogP contribution in [-0.4, -0.2) is 93.9 Å². The molecule has 1 saturated heterocycles. The van der Waals surface area contributed by atoms with E-state index in [2.05, 4.69) is 25.3 Å². The van der Waals surface area contributed by atoms with Crippen molar-refractivity contribution in [3.63, 3.8) is 0 Å². The summed E-state index contributed by atoms with van der Waals surface area (Å²) in [4.78, 5) is 29.4. The predicted octanol–water partition coefficient (Wildman–Crippen LogP) is 2.62. The fourth-order valence-electron chi connectivity index (χ4n) is 3.60. The molecule has 4 heterocycles. The zero-order valence-electron chi connectivity index (χ0n) is 20.7. The number of carbonyl (C=O) groups is 2. The Morgan fingerprint density at radius 2 is 1.67 bits per heavy atom. The topological polar surface area (TPSA) is 151 Å². The average molecular weight is 571 g/mol. The van der Waals surface area contributed by atoms with Crippen LogP contribution in [0.5, 0.6) is 0 Å². The molecule has 4 rings (SSSR count). The van der Waals surface area contributed by atoms with Crippen molar-refractivity contribution < 1.29 is 55.4 Å². The van der Waals surface area contributed by atoms with E-state index in [9.17, 15) is 26.3 Å². The molecule has 0 bridgehead atoms. The highest BCUT2D eigenvalue weighted by Crippen LogP contribution is 2.28. The van der Waals surface area contributed by atoms with E-state index in [1.807, 2.05) is 13.1 Å². The van der Waals surface area contributed by atoms with Gasteiger partial charge in [0, 0.05) is 43.5 Å². The van der Waals surface area contributed by atoms with Gasteiger partial charge in [0.15, 0.2) is 0 Å². The van der Waals surface area contributed by atoms with Gasteiger partial charge in [0.2, 0.25) is 11.7 Å². The van der Waals surface area contributed by atoms with Crippen molar-refractivity contribution in [2.75, 3.05) is 39.4 Å². The van der Waals surface area contributed by atoms with E-state index >= 15 is 0 Å². The number of aliphatic carboxylic acids is 2. The van der Waals surface area contributed by atoms with E-state index in [0.29, 0.717) is 11.7 Å². The molecule has 218 valence electrons. The van der Waals surface area contributed by atoms with Crippen LogP contribution in [0.4, 0.5) is 26.3 Å². The third-order valence-electron chi connectivity index (χ3n) is 5.48. The van der Waals surface area contributed by atoms with E-state index in [4.69, 9.17) is 29.1 Å². The number of nitrogens with one attached hydrogen (secondary N) is 1. The second-order valence-electron chi connectivity index (χ2n) is 8.32. The summed E-state index contributed by atoms with van der Waals surface area (Å²) in [5, 5.41) is 21.9. The number of pyridine rings is 1. The molecule has 2 aromatic heterocycles. The number of fused-ring (bicyclic) bond motifs is 1. The number of alkyl halides is 6. The van der Waals surface area contributed by atoms with Crippen LogP contribution in [0.25, 0.3) is 11.4 Å². The number of ether oxygens (including phenoxy) is 1. The molecule has 0 amide bonds. The van der Waals surface area contributed by atoms with Crippen LogP contribution in [-0.2, 0) is 33.7 Å². The van der Waals surface area contributed by atoms with E-state index in [0.717, 1.165) is 76.5 Å². The van der Waals surface area contributed by atoms with E-state index in [1.165, 1.54) is 11.1 Å². The van der Waals surface area contributed by atoms with Crippen LogP contribution < -0.4 is 5.32 Å². The number of hydrogen-bond donors (Lipinski definition) is 3. The molecule has 0 atom stereocenters. The lowest BCUT2D eigenvalue weighted by Crippen LogP contribution is -2.36. The molecule has 11 nitrogen and oxygen atoms in total. The summed E-state index contributed by atoms with van der Waals surface area (Å²) >= 11 is 0. The maximum atomic E-state index is 10.6. The molecular weight excluding hydrogens is 544 g/mol. The summed E-state index contributed by atoms with van der Waals surface area (Å²) in [6.07, 6.45) is -5.39. The zero-order valence-corrected chi connectivity index (χ0v) is 20.7. The van der Waals surface area contributed by atoms with Gasteiger partial charge >= 0.3 is 24.3 Å². The number of aryl methyl sites for hydroxylation is 2. The number of carboxylic acid groups (broad SMARTS) is 2. The fraction of sp³-hybridized carbons (Fsp3) is 0.591. The molecule has 0 radical (unpaired) electrons. The number of nitrogens with zero attached hydrogens (tertiary/aromatic N) is 4. The maximum absolute atomic E-state index is 10.6. The number of rotatable bonds is 5. The second-order valence-corrected chi connectivity index (χ2v) is 8.32. The monoisotopic (exact) mass is 571 g/mol. The van der Waals surface area contributed by atoms with Crippen LogP contribution in [0, 0.1) is 6.92 Å². The summed E-state index contributed by atoms with van der Waals surface area (Å²) < 4.78 is 74.4. The van der Waals surface area contributed by atoms with Crippen LogP contribution in [0.1, 0.15) is 29.1 Å². The van der Waals surface area contributed by atoms with Gasteiger partial charge < -0.3 is 24.8 Å². The Kier molecular flexibility index (Phi) is 11.6. The lowest BCUT2D eigenvalue weighted by atomic mass is 9.95. The summed E-state index contributed by atoms with van der Waals surface area (Å²) in [5.41, 5.74) is 4.58. The molecule has 0 saturated carbocycles. The standard InChI is InChI=1S/C18H25N5O2.2C2HF3O2/c1-13-17(15-4-5-19-11-14(15)12-20-13)18-21-16(25-22-18)3-2-6-23-7-9-24-10-8-23;2*3-2(4,5)1(6)7/h12,19H,2-11H2,1H3;2*(H,6,7). The molecule has 1 fully saturated rings. The van der Waals surface area contributed by atoms with Gasteiger partial charge in [0.1, 0.15) is 0 Å². The SMILES string of the molecule is Cc1ncc2c(c1-c1noc(CCCN3CCOCC3)n1)CCNC2.O=C(O)C(F)(F)F.O=C(O)C(F)(F)F. The van der Waals surface area contributed by atoms with Gasteiger partial charge in [0.05, 0.1) is 13.2 Å². The van der Waals surface area contributed by atoms with Gasteiger partial charge in [-0.25, -0.2) is 9.59 Å². The molecule has 2 aliphatic rings. The molecule has 2 aliphatic heterocycles. The highest BCUT2D eigenvalue weighted by Gasteiger charge is 2.38. The smallest absolute Gasteiger partial charge is 0.475 e. The molecule has 0 aromatic carbocycles. The number of hydrogen-bond acceptors (Lipinski definition) is 9. The van der Waals surface area contributed by atoms with E-state index in [1.54, 1.807) is 0 Å². The summed E-state index contributed by atoms with van der Waals surface area (Å²) in [6.45, 7) is 8.62. The van der Waals surface area contributed by atoms with Crippen molar-refractivity contribution in [1.29, 1.82) is 0 Å². The van der Waals surface area contributed by atoms with Gasteiger partial charge in [0.25, 0.3) is 0 Å². The van der Waals surface area contributed by atoms with Crippen molar-refractivity contribution >= 4 is 11.9 Å². The molecule has 0 aliphatic carbocycles. The lowest BCUT2D eigenvalue weighted by Gasteiger charge is -2.26. The second kappa shape index (κ2) is 14.2. The van der Waals surface area contributed by atoms with Gasteiger partial charge in [-0.3, -0.25) is 9.88 Å². The quantitative estimate of drug-likeness (QED) is 0.455. The normalized spacial score (nSPS) is 15.8. The highest BCUT2D eigenvalue weighted by atomic mass is 19.4. The van der Waals surface area contributed by atoms with Crippen LogP contribution in [0.2, 0.25) is 0 Å². The van der Waals surface area contributed by atoms with Crippen LogP contribution >= 0.6 is 0 Å². The molecule has 0 spiro atoms. The molecular formula is C22H27F6N5O6. The third-order valence-corrected chi connectivity index (χ3v) is 5.48. The number of carboxylic acids is 2. The third kappa shape index (κ3) is 10.4. The Labute approximate surface area is 218 Å². The average Bonchev–Trinajstić information content (AvgIpc) is 3.32. The number of aromatic nitrogens is 3. The first-order chi connectivity index (χ1) is 18.2. The summed E-state index contributed by atoms with van der Waals surface area (Å²) in [6, 6.07) is 0. The first-order valence-corrected chi connectivity index (χ1v) is 11.6. The molecule has 0 unspecified atom stereocenters. The van der Waals surface area contributed by atoms with Gasteiger partial charge in [-0.05, 0) is 44.0 Å². The maximum Gasteiger partial charge on any atom is 0.490 e. The minimum Gasteiger partial charge on any atom is -0.475 e. The van der Waals surface area contributed by atoms with Crippen molar-refractivity contribution in [2.24, 2.45) is 0 Å². The Balaban J connectivity index is 0.000000317. The zero-order chi connectivity index (χ0) is 29.2. The Morgan fingerprint density at radius 3 is 2.23 bits per heavy atom. The molecule has 2 aromatic rings. The molecule has 39 heavy (non-hydrogen) atoms. The molecule has 17 heteroatoms. The summed E-state index contributed by atoms with van der Waals surface area (Å²) in [5.74, 6) is -4.11. The highest BCUT2D eigenvalue weighted by molar-refractivity contribution is 5.73. The van der Waals surface area contributed by atoms with Crippen molar-refractivity contribution in [2.45, 2.75) is 45.1 Å². The van der Waals surface area contributed by atoms with E-state index in [-0.39, 0.29) is 0 Å². The minimum atomic E-state index is -5.08. The predicted molar refractivity (Wildman–Crippen MR) is 121 cm³/mol. The van der Waals surface area contributed by atoms with E-state index < -0.39 is 24.3 Å². The number of morpholine rings is 1. The number of halogens is 6. The lowest BCUT2D eigenvalue weighted by molar-refractivity contribution is -0.193.